The number of hydrogen-bond donors (Lipinski definition) is 3. The molecule has 13 heavy (non-hydrogen) atoms. The van der Waals surface area contributed by atoms with Crippen molar-refractivity contribution in [1.29, 1.82) is 0 Å². The molecule has 0 amide bonds. The van der Waals surface area contributed by atoms with Gasteiger partial charge in [-0.05, 0) is 13.3 Å². The Hall–Kier alpha value is -0.780. The van der Waals surface area contributed by atoms with Crippen molar-refractivity contribution in [1.82, 2.24) is 0 Å². The second-order valence-electron chi connectivity index (χ2n) is 2.87. The summed E-state index contributed by atoms with van der Waals surface area (Å²) in [5.74, 6) is -1.76. The lowest BCUT2D eigenvalue weighted by atomic mass is 10.1. The van der Waals surface area contributed by atoms with Crippen LogP contribution in [0.2, 0.25) is 0 Å². The molecule has 0 aliphatic heterocycles. The molecule has 0 saturated heterocycles. The Bertz CT molecular complexity index is 187. The highest BCUT2D eigenvalue weighted by Crippen LogP contribution is 1.99. The van der Waals surface area contributed by atoms with Gasteiger partial charge in [-0.15, -0.1) is 0 Å². The fourth-order valence-corrected chi connectivity index (χ4v) is 0.732. The molecule has 0 saturated carbocycles. The monoisotopic (exact) mass is 190 g/mol. The molecule has 5 nitrogen and oxygen atoms in total. The van der Waals surface area contributed by atoms with E-state index < -0.39 is 30.4 Å². The molecular weight excluding hydrogens is 176 g/mol. The van der Waals surface area contributed by atoms with E-state index in [-0.39, 0.29) is 12.8 Å². The Kier molecular flexibility index (Phi) is 5.45. The van der Waals surface area contributed by atoms with Crippen molar-refractivity contribution in [3.63, 3.8) is 0 Å². The molecule has 2 atom stereocenters. The van der Waals surface area contributed by atoms with Crippen molar-refractivity contribution in [2.24, 2.45) is 0 Å². The van der Waals surface area contributed by atoms with Gasteiger partial charge in [-0.25, -0.2) is 0 Å². The van der Waals surface area contributed by atoms with Gasteiger partial charge in [0.05, 0.1) is 12.7 Å². The first kappa shape index (κ1) is 12.2. The molecule has 2 unspecified atom stereocenters. The lowest BCUT2D eigenvalue weighted by molar-refractivity contribution is -0.143. The van der Waals surface area contributed by atoms with Crippen molar-refractivity contribution in [2.75, 3.05) is 6.61 Å². The summed E-state index contributed by atoms with van der Waals surface area (Å²) in [6, 6.07) is 0. The van der Waals surface area contributed by atoms with Crippen molar-refractivity contribution in [3.8, 4) is 0 Å². The largest absolute Gasteiger partial charge is 0.393 e. The van der Waals surface area contributed by atoms with E-state index in [1.165, 1.54) is 6.92 Å². The number of hydrogen-bond acceptors (Lipinski definition) is 5. The van der Waals surface area contributed by atoms with Crippen LogP contribution < -0.4 is 0 Å². The first-order valence-electron chi connectivity index (χ1n) is 4.03. The zero-order chi connectivity index (χ0) is 10.4. The number of carbonyl (C=O) groups excluding carboxylic acids is 2. The predicted octanol–water partition coefficient (Wildman–Crippen LogP) is -1.36. The average molecular weight is 190 g/mol. The van der Waals surface area contributed by atoms with Crippen molar-refractivity contribution >= 4 is 11.6 Å². The summed E-state index contributed by atoms with van der Waals surface area (Å²) in [4.78, 5) is 21.8. The summed E-state index contributed by atoms with van der Waals surface area (Å²) in [7, 11) is 0. The lowest BCUT2D eigenvalue weighted by Gasteiger charge is -2.05. The van der Waals surface area contributed by atoms with E-state index in [9.17, 15) is 9.59 Å². The SMILES string of the molecule is CC(O)CCC(=O)C(=O)C(O)CO. The topological polar surface area (TPSA) is 94.8 Å². The third-order valence-corrected chi connectivity index (χ3v) is 1.54. The highest BCUT2D eigenvalue weighted by molar-refractivity contribution is 6.38. The normalized spacial score (nSPS) is 15.1. The number of carbonyl (C=O) groups is 2. The number of aliphatic hydroxyl groups excluding tert-OH is 3. The molecule has 0 heterocycles. The molecule has 0 aromatic rings. The van der Waals surface area contributed by atoms with Crippen LogP contribution >= 0.6 is 0 Å². The number of ketones is 2. The van der Waals surface area contributed by atoms with E-state index in [2.05, 4.69) is 0 Å². The zero-order valence-corrected chi connectivity index (χ0v) is 7.43. The van der Waals surface area contributed by atoms with E-state index in [4.69, 9.17) is 15.3 Å². The van der Waals surface area contributed by atoms with Gasteiger partial charge in [0.2, 0.25) is 11.6 Å². The molecule has 0 rings (SSSR count). The molecule has 0 spiro atoms. The van der Waals surface area contributed by atoms with E-state index in [1.807, 2.05) is 0 Å². The van der Waals surface area contributed by atoms with Crippen LogP contribution in [0.25, 0.3) is 0 Å². The van der Waals surface area contributed by atoms with Gasteiger partial charge in [0.1, 0.15) is 6.10 Å². The molecule has 0 aliphatic rings. The second-order valence-corrected chi connectivity index (χ2v) is 2.87. The molecule has 0 radical (unpaired) electrons. The van der Waals surface area contributed by atoms with Crippen LogP contribution in [0, 0.1) is 0 Å². The number of Topliss-reactive ketones (excluding diaryl/α,β-unsaturated/α-hetero) is 2. The van der Waals surface area contributed by atoms with E-state index in [0.717, 1.165) is 0 Å². The molecule has 0 aromatic heterocycles. The lowest BCUT2D eigenvalue weighted by Crippen LogP contribution is -2.31. The standard InChI is InChI=1S/C8H14O5/c1-5(10)2-3-6(11)8(13)7(12)4-9/h5,7,9-10,12H,2-4H2,1H3. The summed E-state index contributed by atoms with van der Waals surface area (Å²) in [5.41, 5.74) is 0. The molecule has 0 fully saturated rings. The molecule has 0 aliphatic carbocycles. The van der Waals surface area contributed by atoms with Gasteiger partial charge in [-0.2, -0.15) is 0 Å². The van der Waals surface area contributed by atoms with Crippen LogP contribution in [-0.2, 0) is 9.59 Å². The third-order valence-electron chi connectivity index (χ3n) is 1.54. The quantitative estimate of drug-likeness (QED) is 0.449. The van der Waals surface area contributed by atoms with Crippen LogP contribution in [0.4, 0.5) is 0 Å². The maximum absolute atomic E-state index is 10.9. The van der Waals surface area contributed by atoms with Crippen LogP contribution in [0.1, 0.15) is 19.8 Å². The average Bonchev–Trinajstić information content (AvgIpc) is 2.11. The Labute approximate surface area is 76.0 Å². The summed E-state index contributed by atoms with van der Waals surface area (Å²) >= 11 is 0. The minimum atomic E-state index is -1.62. The Balaban J connectivity index is 3.90. The predicted molar refractivity (Wildman–Crippen MR) is 44.0 cm³/mol. The molecular formula is C8H14O5. The van der Waals surface area contributed by atoms with Crippen LogP contribution in [0.3, 0.4) is 0 Å². The van der Waals surface area contributed by atoms with Gasteiger partial charge in [0.15, 0.2) is 0 Å². The smallest absolute Gasteiger partial charge is 0.229 e. The zero-order valence-electron chi connectivity index (χ0n) is 7.43. The van der Waals surface area contributed by atoms with Crippen molar-refractivity contribution in [2.45, 2.75) is 32.0 Å². The van der Waals surface area contributed by atoms with Gasteiger partial charge in [0.25, 0.3) is 0 Å². The fraction of sp³-hybridized carbons (Fsp3) is 0.750. The van der Waals surface area contributed by atoms with E-state index >= 15 is 0 Å². The molecule has 5 heteroatoms. The van der Waals surface area contributed by atoms with Gasteiger partial charge >= 0.3 is 0 Å². The van der Waals surface area contributed by atoms with Gasteiger partial charge < -0.3 is 15.3 Å². The molecule has 76 valence electrons. The summed E-state index contributed by atoms with van der Waals surface area (Å²) in [6.45, 7) is 0.749. The fourth-order valence-electron chi connectivity index (χ4n) is 0.732. The van der Waals surface area contributed by atoms with Crippen LogP contribution in [0.15, 0.2) is 0 Å². The highest BCUT2D eigenvalue weighted by atomic mass is 16.3. The maximum atomic E-state index is 10.9. The number of rotatable bonds is 6. The first-order valence-corrected chi connectivity index (χ1v) is 4.03. The van der Waals surface area contributed by atoms with Crippen LogP contribution in [0.5, 0.6) is 0 Å². The second kappa shape index (κ2) is 5.80. The van der Waals surface area contributed by atoms with Crippen molar-refractivity contribution < 1.29 is 24.9 Å². The Morgan fingerprint density at radius 3 is 2.23 bits per heavy atom. The highest BCUT2D eigenvalue weighted by Gasteiger charge is 2.21. The summed E-state index contributed by atoms with van der Waals surface area (Å²) in [5, 5.41) is 25.9. The summed E-state index contributed by atoms with van der Waals surface area (Å²) < 4.78 is 0. The first-order chi connectivity index (χ1) is 5.99. The maximum Gasteiger partial charge on any atom is 0.229 e. The van der Waals surface area contributed by atoms with Gasteiger partial charge in [-0.3, -0.25) is 9.59 Å². The summed E-state index contributed by atoms with van der Waals surface area (Å²) in [6.07, 6.45) is -2.19. The Morgan fingerprint density at radius 2 is 1.85 bits per heavy atom. The minimum Gasteiger partial charge on any atom is -0.393 e. The molecule has 3 N–H and O–H groups in total. The molecule has 0 bridgehead atoms. The van der Waals surface area contributed by atoms with Crippen LogP contribution in [-0.4, -0.2) is 45.7 Å². The van der Waals surface area contributed by atoms with Gasteiger partial charge in [0, 0.05) is 6.42 Å². The van der Waals surface area contributed by atoms with E-state index in [1.54, 1.807) is 0 Å². The minimum absolute atomic E-state index is 0.104. The third kappa shape index (κ3) is 4.72. The number of aliphatic hydroxyl groups is 3. The Morgan fingerprint density at radius 1 is 1.31 bits per heavy atom. The van der Waals surface area contributed by atoms with Gasteiger partial charge in [-0.1, -0.05) is 0 Å². The van der Waals surface area contributed by atoms with E-state index in [0.29, 0.717) is 0 Å². The molecule has 0 aromatic carbocycles. The van der Waals surface area contributed by atoms with Crippen molar-refractivity contribution in [3.05, 3.63) is 0 Å².